The van der Waals surface area contributed by atoms with Gasteiger partial charge in [-0.15, -0.1) is 0 Å². The van der Waals surface area contributed by atoms with E-state index >= 15 is 0 Å². The molecule has 1 aromatic carbocycles. The van der Waals surface area contributed by atoms with Gasteiger partial charge in [0, 0.05) is 5.41 Å². The number of esters is 1. The lowest BCUT2D eigenvalue weighted by Gasteiger charge is -2.36. The smallest absolute Gasteiger partial charge is 0.339 e. The Morgan fingerprint density at radius 3 is 2.32 bits per heavy atom. The third kappa shape index (κ3) is 3.24. The second kappa shape index (κ2) is 5.17. The predicted octanol–water partition coefficient (Wildman–Crippen LogP) is 3.40. The van der Waals surface area contributed by atoms with Gasteiger partial charge >= 0.3 is 5.97 Å². The molecule has 19 heavy (non-hydrogen) atoms. The first-order valence-electron chi connectivity index (χ1n) is 6.51. The number of ether oxygens (including phenoxy) is 2. The molecular weight excluding hydrogens is 240 g/mol. The van der Waals surface area contributed by atoms with Gasteiger partial charge in [-0.1, -0.05) is 51.1 Å². The number of carbonyl (C=O) groups is 1. The number of rotatable bonds is 1. The Kier molecular flexibility index (Phi) is 3.76. The summed E-state index contributed by atoms with van der Waals surface area (Å²) in [4.78, 5) is 12.1. The average Bonchev–Trinajstić information content (AvgIpc) is 2.33. The van der Waals surface area contributed by atoms with Gasteiger partial charge in [0.1, 0.15) is 0 Å². The van der Waals surface area contributed by atoms with Crippen molar-refractivity contribution in [1.82, 2.24) is 0 Å². The molecule has 2 rings (SSSR count). The Morgan fingerprint density at radius 1 is 1.16 bits per heavy atom. The van der Waals surface area contributed by atoms with Gasteiger partial charge in [0.05, 0.1) is 11.7 Å². The summed E-state index contributed by atoms with van der Waals surface area (Å²) in [5, 5.41) is 0. The van der Waals surface area contributed by atoms with Crippen molar-refractivity contribution in [1.29, 1.82) is 0 Å². The minimum Gasteiger partial charge on any atom is -0.432 e. The van der Waals surface area contributed by atoms with E-state index in [4.69, 9.17) is 9.47 Å². The molecule has 0 unspecified atom stereocenters. The summed E-state index contributed by atoms with van der Waals surface area (Å²) in [5.74, 6) is -0.289. The van der Waals surface area contributed by atoms with Crippen molar-refractivity contribution in [2.45, 2.75) is 40.1 Å². The van der Waals surface area contributed by atoms with Crippen LogP contribution in [0.2, 0.25) is 0 Å². The molecular formula is C16H20O3. The van der Waals surface area contributed by atoms with Crippen LogP contribution in [-0.4, -0.2) is 18.4 Å². The summed E-state index contributed by atoms with van der Waals surface area (Å²) in [6.45, 7) is 7.85. The fourth-order valence-electron chi connectivity index (χ4n) is 1.90. The highest BCUT2D eigenvalue weighted by atomic mass is 16.7. The van der Waals surface area contributed by atoms with E-state index in [1.807, 2.05) is 64.1 Å². The third-order valence-electron chi connectivity index (χ3n) is 3.04. The largest absolute Gasteiger partial charge is 0.432 e. The van der Waals surface area contributed by atoms with Crippen LogP contribution in [0.3, 0.4) is 0 Å². The molecule has 0 saturated carbocycles. The van der Waals surface area contributed by atoms with Gasteiger partial charge in [0.2, 0.25) is 6.29 Å². The highest BCUT2D eigenvalue weighted by molar-refractivity contribution is 5.95. The van der Waals surface area contributed by atoms with Crippen LogP contribution < -0.4 is 0 Å². The standard InChI is InChI=1S/C16H20O3/c1-11-13(10-12-8-6-5-7-9-12)14(17)19-15(18-11)16(2,3)4/h5-11,15H,1-4H3/b13-10-/t11-,15-/m1/s1. The minimum absolute atomic E-state index is 0.220. The van der Waals surface area contributed by atoms with Crippen molar-refractivity contribution >= 4 is 12.0 Å². The van der Waals surface area contributed by atoms with Crippen molar-refractivity contribution in [3.63, 3.8) is 0 Å². The van der Waals surface area contributed by atoms with Crippen LogP contribution in [-0.2, 0) is 14.3 Å². The van der Waals surface area contributed by atoms with E-state index in [9.17, 15) is 4.79 Å². The number of benzene rings is 1. The van der Waals surface area contributed by atoms with Crippen molar-refractivity contribution in [3.05, 3.63) is 41.5 Å². The monoisotopic (exact) mass is 260 g/mol. The molecule has 0 radical (unpaired) electrons. The molecule has 0 aliphatic carbocycles. The van der Waals surface area contributed by atoms with E-state index < -0.39 is 6.29 Å². The number of hydrogen-bond acceptors (Lipinski definition) is 3. The van der Waals surface area contributed by atoms with E-state index in [-0.39, 0.29) is 17.5 Å². The van der Waals surface area contributed by atoms with Crippen LogP contribution in [0.15, 0.2) is 35.9 Å². The molecule has 0 aromatic heterocycles. The minimum atomic E-state index is -0.497. The maximum Gasteiger partial charge on any atom is 0.339 e. The second-order valence-electron chi connectivity index (χ2n) is 5.89. The SMILES string of the molecule is C[C@H]1O[C@@H](C(C)(C)C)OC(=O)/C1=C\c1ccccc1. The number of carbonyl (C=O) groups excluding carboxylic acids is 1. The normalized spacial score (nSPS) is 26.3. The first-order valence-corrected chi connectivity index (χ1v) is 6.51. The van der Waals surface area contributed by atoms with Crippen molar-refractivity contribution < 1.29 is 14.3 Å². The van der Waals surface area contributed by atoms with Gasteiger partial charge in [-0.2, -0.15) is 0 Å². The summed E-state index contributed by atoms with van der Waals surface area (Å²) >= 11 is 0. The quantitative estimate of drug-likeness (QED) is 0.573. The van der Waals surface area contributed by atoms with Crippen LogP contribution in [0, 0.1) is 5.41 Å². The third-order valence-corrected chi connectivity index (χ3v) is 3.04. The molecule has 1 aliphatic heterocycles. The van der Waals surface area contributed by atoms with Crippen LogP contribution in [0.1, 0.15) is 33.3 Å². The number of hydrogen-bond donors (Lipinski definition) is 0. The molecule has 1 saturated heterocycles. The van der Waals surface area contributed by atoms with Gasteiger partial charge in [-0.05, 0) is 18.6 Å². The van der Waals surface area contributed by atoms with Crippen LogP contribution >= 0.6 is 0 Å². The zero-order chi connectivity index (χ0) is 14.0. The molecule has 1 fully saturated rings. The Bertz CT molecular complexity index is 482. The molecule has 0 N–H and O–H groups in total. The van der Waals surface area contributed by atoms with Crippen molar-refractivity contribution in [2.75, 3.05) is 0 Å². The average molecular weight is 260 g/mol. The Hall–Kier alpha value is -1.61. The van der Waals surface area contributed by atoms with Crippen molar-refractivity contribution in [3.8, 4) is 0 Å². The molecule has 0 bridgehead atoms. The van der Waals surface area contributed by atoms with Crippen LogP contribution in [0.25, 0.3) is 6.08 Å². The molecule has 1 aliphatic rings. The summed E-state index contributed by atoms with van der Waals surface area (Å²) in [6, 6.07) is 9.70. The van der Waals surface area contributed by atoms with Gasteiger partial charge in [0.15, 0.2) is 0 Å². The summed E-state index contributed by atoms with van der Waals surface area (Å²) in [5.41, 5.74) is 1.31. The first kappa shape index (κ1) is 13.8. The van der Waals surface area contributed by atoms with E-state index in [0.29, 0.717) is 5.57 Å². The fourth-order valence-corrected chi connectivity index (χ4v) is 1.90. The summed E-state index contributed by atoms with van der Waals surface area (Å²) in [6.07, 6.45) is 1.07. The van der Waals surface area contributed by atoms with Crippen molar-refractivity contribution in [2.24, 2.45) is 5.41 Å². The molecule has 0 spiro atoms. The molecule has 0 amide bonds. The maximum atomic E-state index is 12.1. The van der Waals surface area contributed by atoms with Gasteiger partial charge in [0.25, 0.3) is 0 Å². The van der Waals surface area contributed by atoms with E-state index in [1.54, 1.807) is 0 Å². The Balaban J connectivity index is 2.22. The molecule has 3 nitrogen and oxygen atoms in total. The van der Waals surface area contributed by atoms with E-state index in [1.165, 1.54) is 0 Å². The van der Waals surface area contributed by atoms with Gasteiger partial charge in [-0.3, -0.25) is 0 Å². The zero-order valence-electron chi connectivity index (χ0n) is 11.8. The molecule has 1 heterocycles. The van der Waals surface area contributed by atoms with Gasteiger partial charge in [-0.25, -0.2) is 4.79 Å². The first-order chi connectivity index (χ1) is 8.88. The second-order valence-corrected chi connectivity index (χ2v) is 5.89. The van der Waals surface area contributed by atoms with Crippen LogP contribution in [0.4, 0.5) is 0 Å². The predicted molar refractivity (Wildman–Crippen MR) is 74.3 cm³/mol. The van der Waals surface area contributed by atoms with E-state index in [0.717, 1.165) is 5.56 Å². The maximum absolute atomic E-state index is 12.1. The zero-order valence-corrected chi connectivity index (χ0v) is 11.8. The molecule has 102 valence electrons. The van der Waals surface area contributed by atoms with Gasteiger partial charge < -0.3 is 9.47 Å². The molecule has 3 heteroatoms. The summed E-state index contributed by atoms with van der Waals surface area (Å²) in [7, 11) is 0. The molecule has 2 atom stereocenters. The highest BCUT2D eigenvalue weighted by Gasteiger charge is 2.38. The topological polar surface area (TPSA) is 35.5 Å². The Morgan fingerprint density at radius 2 is 1.79 bits per heavy atom. The Labute approximate surface area is 114 Å². The molecule has 1 aromatic rings. The fraction of sp³-hybridized carbons (Fsp3) is 0.438. The van der Waals surface area contributed by atoms with E-state index in [2.05, 4.69) is 0 Å². The highest BCUT2D eigenvalue weighted by Crippen LogP contribution is 2.31. The lowest BCUT2D eigenvalue weighted by atomic mass is 9.94. The summed E-state index contributed by atoms with van der Waals surface area (Å²) < 4.78 is 11.2. The lowest BCUT2D eigenvalue weighted by molar-refractivity contribution is -0.225. The lowest BCUT2D eigenvalue weighted by Crippen LogP contribution is -2.43. The van der Waals surface area contributed by atoms with Crippen LogP contribution in [0.5, 0.6) is 0 Å². The number of cyclic esters (lactones) is 1.